The van der Waals surface area contributed by atoms with E-state index in [1.54, 1.807) is 57.2 Å². The topological polar surface area (TPSA) is 285 Å². The predicted octanol–water partition coefficient (Wildman–Crippen LogP) is 15.3. The molecule has 0 aromatic heterocycles. The summed E-state index contributed by atoms with van der Waals surface area (Å²) in [5, 5.41) is 35.2. The molecule has 0 saturated heterocycles. The number of hydrogen-bond donors (Lipinski definition) is 5. The third kappa shape index (κ3) is 21.8. The fraction of sp³-hybridized carbons (Fsp3) is 0.346. The summed E-state index contributed by atoms with van der Waals surface area (Å²) in [6, 6.07) is 49.4. The van der Waals surface area contributed by atoms with Gasteiger partial charge in [0, 0.05) is 17.4 Å². The van der Waals surface area contributed by atoms with Crippen LogP contribution in [0.25, 0.3) is 0 Å². The molecule has 5 atom stereocenters. The first-order valence-electron chi connectivity index (χ1n) is 34.8. The molecule has 0 radical (unpaired) electrons. The third-order valence-corrected chi connectivity index (χ3v) is 25.7. The van der Waals surface area contributed by atoms with Crippen molar-refractivity contribution >= 4 is 146 Å². The zero-order valence-corrected chi connectivity index (χ0v) is 66.6. The molecule has 21 nitrogen and oxygen atoms in total. The van der Waals surface area contributed by atoms with Crippen molar-refractivity contribution in [1.29, 1.82) is 0 Å². The van der Waals surface area contributed by atoms with Gasteiger partial charge in [0.25, 0.3) is 30.1 Å². The Morgan fingerprint density at radius 1 is 0.454 bits per heavy atom. The second kappa shape index (κ2) is 38.5. The number of para-hydroxylation sites is 5. The van der Waals surface area contributed by atoms with E-state index in [9.17, 15) is 44.7 Å². The summed E-state index contributed by atoms with van der Waals surface area (Å²) in [7, 11) is -11.7. The van der Waals surface area contributed by atoms with Crippen molar-refractivity contribution in [2.75, 3.05) is 69.8 Å². The monoisotopic (exact) mass is 1650 g/mol. The fourth-order valence-electron chi connectivity index (χ4n) is 12.8. The lowest BCUT2D eigenvalue weighted by Crippen LogP contribution is -2.46. The van der Waals surface area contributed by atoms with Crippen LogP contribution in [0.15, 0.2) is 191 Å². The number of carboxylic acid groups (broad SMARTS) is 1. The predicted molar refractivity (Wildman–Crippen MR) is 424 cm³/mol. The smallest absolute Gasteiger partial charge is 0.332 e. The minimum Gasteiger partial charge on any atom is -0.480 e. The van der Waals surface area contributed by atoms with Crippen molar-refractivity contribution in [2.45, 2.75) is 142 Å². The average Bonchev–Trinajstić information content (AvgIpc) is 0.767. The number of hydrogen-bond acceptors (Lipinski definition) is 17. The van der Waals surface area contributed by atoms with Gasteiger partial charge in [-0.2, -0.15) is 0 Å². The van der Waals surface area contributed by atoms with Gasteiger partial charge in [-0.25, -0.2) is 39.6 Å². The van der Waals surface area contributed by atoms with Crippen LogP contribution in [-0.2, 0) is 95.5 Å². The standard InChI is InChI=1S/C22H25Cl2NO5S.C18H17Cl2NO5S.C16H15Cl2NO3S.C12H15NO2.C10H13NO/c1-22(2,3)30-21(26)14-29-13-16-9-8-15-6-4-5-7-20(15)25(16)31(27,28)17-10-11-18(23)19(24)12-17;19-15-8-7-14(9-16(15)20)27(24,25)21-13(10-26-11-18(22)23)6-5-12-3-1-2-4-17(12)21;17-14-8-7-13(9-15(14)18)23(21,22)19-12(10-20)6-5-11-3-1-2-4-16(11)19;1-2-15-12(14)11-8-7-9-5-3-4-6-10(9)13-11;12-7-9-6-5-8-3-1-2-4-10(8)11-9/h4-7,10-12,16H,8-9,13-14H2,1-3H3;1-4,7-9,13H,5-6,10-11H2,(H,22,23);1-4,7-9,12,20H,5-6,10H2;3-6,11,13H,2,7-8H2,1H3;1-4,9,11-12H,5-7H2. The van der Waals surface area contributed by atoms with E-state index < -0.39 is 72.3 Å². The van der Waals surface area contributed by atoms with Gasteiger partial charge in [0.1, 0.15) is 24.9 Å². The zero-order chi connectivity index (χ0) is 78.1. The van der Waals surface area contributed by atoms with Gasteiger partial charge >= 0.3 is 17.9 Å². The van der Waals surface area contributed by atoms with Crippen molar-refractivity contribution in [3.8, 4) is 0 Å². The average molecular weight is 1660 g/mol. The van der Waals surface area contributed by atoms with Crippen LogP contribution in [0, 0.1) is 0 Å². The van der Waals surface area contributed by atoms with Crippen molar-refractivity contribution < 1.29 is 73.9 Å². The van der Waals surface area contributed by atoms with Gasteiger partial charge in [0.2, 0.25) is 0 Å². The van der Waals surface area contributed by atoms with Crippen LogP contribution >= 0.6 is 69.6 Å². The molecule has 30 heteroatoms. The molecule has 13 rings (SSSR count). The molecule has 578 valence electrons. The Bertz CT molecular complexity index is 4830. The molecule has 5 heterocycles. The normalized spacial score (nSPS) is 17.8. The van der Waals surface area contributed by atoms with E-state index in [-0.39, 0.29) is 90.9 Å². The highest BCUT2D eigenvalue weighted by atomic mass is 35.5. The number of carbonyl (C=O) groups excluding carboxylic acids is 2. The number of aryl methyl sites for hydroxylation is 5. The number of halogens is 6. The number of esters is 2. The minimum atomic E-state index is -3.95. The molecular formula is C78H85Cl6N5O16S3. The van der Waals surface area contributed by atoms with Crippen LogP contribution in [-0.4, -0.2) is 141 Å². The van der Waals surface area contributed by atoms with E-state index in [2.05, 4.69) is 34.9 Å². The summed E-state index contributed by atoms with van der Waals surface area (Å²) >= 11 is 35.8. The molecule has 5 aliphatic heterocycles. The van der Waals surface area contributed by atoms with Crippen LogP contribution < -0.4 is 23.5 Å². The minimum absolute atomic E-state index is 0.0110. The Morgan fingerprint density at radius 2 is 0.815 bits per heavy atom. The first kappa shape index (κ1) is 84.6. The van der Waals surface area contributed by atoms with Gasteiger partial charge in [-0.05, 0) is 205 Å². The number of aliphatic hydroxyl groups is 2. The summed E-state index contributed by atoms with van der Waals surface area (Å²) in [6.07, 6.45) is 7.59. The molecule has 108 heavy (non-hydrogen) atoms. The molecule has 0 saturated carbocycles. The van der Waals surface area contributed by atoms with Gasteiger partial charge in [-0.3, -0.25) is 12.9 Å². The van der Waals surface area contributed by atoms with E-state index >= 15 is 0 Å². The largest absolute Gasteiger partial charge is 0.480 e. The molecule has 8 aromatic rings. The third-order valence-electron chi connectivity index (χ3n) is 17.9. The Kier molecular flexibility index (Phi) is 30.2. The molecule has 0 fully saturated rings. The SMILES string of the molecule is CC(C)(C)OC(=O)COCC1CCc2ccccc2N1S(=O)(=O)c1ccc(Cl)c(Cl)c1.CCOC(=O)C1CCc2ccccc2N1.O=C(O)COCC1CCc2ccccc2N1S(=O)(=O)c1ccc(Cl)c(Cl)c1.O=S(=O)(c1ccc(Cl)c(Cl)c1)N1c2ccccc2CCC1CO.OCC1CCc2ccccc2N1. The number of fused-ring (bicyclic) bond motifs is 5. The Labute approximate surface area is 661 Å². The van der Waals surface area contributed by atoms with Gasteiger partial charge in [0.05, 0.1) is 113 Å². The Balaban J connectivity index is 0.000000161. The number of ether oxygens (including phenoxy) is 4. The van der Waals surface area contributed by atoms with Crippen molar-refractivity contribution in [2.24, 2.45) is 0 Å². The van der Waals surface area contributed by atoms with Crippen LogP contribution in [0.4, 0.5) is 28.4 Å². The van der Waals surface area contributed by atoms with E-state index in [0.717, 1.165) is 54.5 Å². The highest BCUT2D eigenvalue weighted by molar-refractivity contribution is 7.93. The first-order valence-corrected chi connectivity index (χ1v) is 41.4. The lowest BCUT2D eigenvalue weighted by atomic mass is 9.98. The van der Waals surface area contributed by atoms with Crippen LogP contribution in [0.2, 0.25) is 30.1 Å². The quantitative estimate of drug-likeness (QED) is 0.0499. The van der Waals surface area contributed by atoms with Crippen molar-refractivity contribution in [3.63, 3.8) is 0 Å². The van der Waals surface area contributed by atoms with E-state index in [1.807, 2.05) is 67.6 Å². The van der Waals surface area contributed by atoms with Crippen LogP contribution in [0.3, 0.4) is 0 Å². The van der Waals surface area contributed by atoms with Crippen molar-refractivity contribution in [3.05, 3.63) is 234 Å². The van der Waals surface area contributed by atoms with Gasteiger partial charge in [0.15, 0.2) is 0 Å². The summed E-state index contributed by atoms with van der Waals surface area (Å²) in [4.78, 5) is 34.3. The molecule has 8 aromatic carbocycles. The summed E-state index contributed by atoms with van der Waals surface area (Å²) < 4.78 is 105. The maximum absolute atomic E-state index is 13.6. The molecule has 5 unspecified atom stereocenters. The van der Waals surface area contributed by atoms with Crippen LogP contribution in [0.5, 0.6) is 0 Å². The number of benzene rings is 8. The highest BCUT2D eigenvalue weighted by Gasteiger charge is 2.40. The first-order chi connectivity index (χ1) is 51.4. The fourth-order valence-corrected chi connectivity index (χ4v) is 19.1. The number of rotatable bonds is 18. The van der Waals surface area contributed by atoms with Gasteiger partial charge in [-0.15, -0.1) is 0 Å². The number of anilines is 5. The number of sulfonamides is 3. The maximum atomic E-state index is 13.6. The Morgan fingerprint density at radius 3 is 1.20 bits per heavy atom. The Hall–Kier alpha value is -7.40. The van der Waals surface area contributed by atoms with Crippen molar-refractivity contribution in [1.82, 2.24) is 0 Å². The summed E-state index contributed by atoms with van der Waals surface area (Å²) in [5.74, 6) is -1.75. The molecular weight excluding hydrogens is 1570 g/mol. The van der Waals surface area contributed by atoms with E-state index in [0.29, 0.717) is 60.8 Å². The molecule has 0 bridgehead atoms. The zero-order valence-electron chi connectivity index (χ0n) is 59.6. The van der Waals surface area contributed by atoms with Gasteiger partial charge < -0.3 is 44.9 Å². The second-order valence-electron chi connectivity index (χ2n) is 26.7. The highest BCUT2D eigenvalue weighted by Crippen LogP contribution is 2.41. The molecule has 0 aliphatic carbocycles. The number of aliphatic carboxylic acids is 1. The number of carboxylic acids is 1. The molecule has 0 amide bonds. The second-order valence-corrected chi connectivity index (χ2v) is 34.5. The van der Waals surface area contributed by atoms with E-state index in [4.69, 9.17) is 98.8 Å². The number of nitrogens with zero attached hydrogens (tertiary/aromatic N) is 3. The molecule has 0 spiro atoms. The lowest BCUT2D eigenvalue weighted by molar-refractivity contribution is -0.160. The number of aliphatic hydroxyl groups excluding tert-OH is 2. The summed E-state index contributed by atoms with van der Waals surface area (Å²) in [6.45, 7) is 6.86. The summed E-state index contributed by atoms with van der Waals surface area (Å²) in [5.41, 5.74) is 8.78. The lowest BCUT2D eigenvalue weighted by Gasteiger charge is -2.37. The van der Waals surface area contributed by atoms with Gasteiger partial charge in [-0.1, -0.05) is 161 Å². The number of nitrogens with one attached hydrogen (secondary N) is 2. The maximum Gasteiger partial charge on any atom is 0.332 e. The van der Waals surface area contributed by atoms with E-state index in [1.165, 1.54) is 84.3 Å². The van der Waals surface area contributed by atoms with Crippen LogP contribution in [0.1, 0.15) is 87.6 Å². The molecule has 5 aliphatic rings. The molecule has 5 N–H and O–H groups in total. The number of carbonyl (C=O) groups is 3.